The molecule has 1 aromatic heterocycles. The first kappa shape index (κ1) is 20.4. The Morgan fingerprint density at radius 1 is 1.10 bits per heavy atom. The number of carbonyl (C=O) groups is 1. The monoisotopic (exact) mass is 394 g/mol. The number of carbonyl (C=O) groups excluding carboxylic acids is 1. The number of anilines is 1. The summed E-state index contributed by atoms with van der Waals surface area (Å²) >= 11 is 0. The quantitative estimate of drug-likeness (QED) is 0.711. The molecule has 0 saturated carbocycles. The summed E-state index contributed by atoms with van der Waals surface area (Å²) in [5, 5.41) is 3.47. The summed E-state index contributed by atoms with van der Waals surface area (Å²) in [6.45, 7) is 5.75. The van der Waals surface area contributed by atoms with Crippen LogP contribution in [0.3, 0.4) is 0 Å². The molecule has 2 amide bonds. The maximum atomic E-state index is 13.1. The van der Waals surface area contributed by atoms with Crippen molar-refractivity contribution >= 4 is 22.6 Å². The predicted molar refractivity (Wildman–Crippen MR) is 114 cm³/mol. The Morgan fingerprint density at radius 2 is 1.76 bits per heavy atom. The lowest BCUT2D eigenvalue weighted by molar-refractivity contribution is 0.168. The Labute approximate surface area is 169 Å². The molecule has 0 radical (unpaired) electrons. The van der Waals surface area contributed by atoms with Gasteiger partial charge >= 0.3 is 6.03 Å². The molecule has 0 fully saturated rings. The van der Waals surface area contributed by atoms with Crippen LogP contribution >= 0.6 is 0 Å². The van der Waals surface area contributed by atoms with Gasteiger partial charge in [0.2, 0.25) is 0 Å². The van der Waals surface area contributed by atoms with Gasteiger partial charge in [-0.15, -0.1) is 0 Å². The zero-order valence-electron chi connectivity index (χ0n) is 17.3. The highest BCUT2D eigenvalue weighted by Crippen LogP contribution is 2.23. The summed E-state index contributed by atoms with van der Waals surface area (Å²) in [6.07, 6.45) is 0. The normalized spacial score (nSPS) is 12.1. The maximum Gasteiger partial charge on any atom is 0.322 e. The summed E-state index contributed by atoms with van der Waals surface area (Å²) in [6, 6.07) is 13.6. The Morgan fingerprint density at radius 3 is 2.38 bits per heavy atom. The molecule has 0 aliphatic rings. The fourth-order valence-electron chi connectivity index (χ4n) is 3.45. The highest BCUT2D eigenvalue weighted by Gasteiger charge is 2.27. The third kappa shape index (κ3) is 4.08. The van der Waals surface area contributed by atoms with Gasteiger partial charge in [-0.2, -0.15) is 0 Å². The standard InChI is InChI=1S/C22H26N4O3/c1-14(2)26(22(28)23-16-10-12-17(29-5)13-11-16)15(3)20-24-19-9-7-6-8-18(19)21(27)25(20)4/h6-15H,1-5H3,(H,23,28). The lowest BCUT2D eigenvalue weighted by atomic mass is 10.2. The third-order valence-corrected chi connectivity index (χ3v) is 4.94. The van der Waals surface area contributed by atoms with Crippen LogP contribution < -0.4 is 15.6 Å². The van der Waals surface area contributed by atoms with Crippen molar-refractivity contribution in [3.8, 4) is 5.75 Å². The molecule has 0 saturated heterocycles. The van der Waals surface area contributed by atoms with Crippen LogP contribution in [0.1, 0.15) is 32.6 Å². The van der Waals surface area contributed by atoms with Crippen molar-refractivity contribution in [1.29, 1.82) is 0 Å². The molecule has 1 heterocycles. The number of urea groups is 1. The van der Waals surface area contributed by atoms with E-state index in [1.807, 2.05) is 39.0 Å². The molecular weight excluding hydrogens is 368 g/mol. The molecule has 0 aliphatic carbocycles. The van der Waals surface area contributed by atoms with E-state index in [2.05, 4.69) is 10.3 Å². The third-order valence-electron chi connectivity index (χ3n) is 4.94. The molecule has 29 heavy (non-hydrogen) atoms. The number of hydrogen-bond acceptors (Lipinski definition) is 4. The van der Waals surface area contributed by atoms with Gasteiger partial charge < -0.3 is 15.0 Å². The number of aromatic nitrogens is 2. The van der Waals surface area contributed by atoms with E-state index in [0.717, 1.165) is 0 Å². The molecule has 1 unspecified atom stereocenters. The zero-order chi connectivity index (χ0) is 21.1. The number of methoxy groups -OCH3 is 1. The van der Waals surface area contributed by atoms with Gasteiger partial charge in [0, 0.05) is 18.8 Å². The Balaban J connectivity index is 1.94. The number of ether oxygens (including phenoxy) is 1. The second-order valence-electron chi connectivity index (χ2n) is 7.19. The van der Waals surface area contributed by atoms with Gasteiger partial charge in [-0.3, -0.25) is 9.36 Å². The van der Waals surface area contributed by atoms with Crippen LogP contribution in [0.25, 0.3) is 10.9 Å². The van der Waals surface area contributed by atoms with E-state index in [9.17, 15) is 9.59 Å². The molecule has 1 N–H and O–H groups in total. The van der Waals surface area contributed by atoms with Crippen molar-refractivity contribution in [2.45, 2.75) is 32.9 Å². The van der Waals surface area contributed by atoms with Gasteiger partial charge in [0.1, 0.15) is 11.6 Å². The first-order valence-electron chi connectivity index (χ1n) is 9.52. The summed E-state index contributed by atoms with van der Waals surface area (Å²) < 4.78 is 6.67. The zero-order valence-corrected chi connectivity index (χ0v) is 17.3. The van der Waals surface area contributed by atoms with Crippen molar-refractivity contribution in [1.82, 2.24) is 14.5 Å². The minimum absolute atomic E-state index is 0.105. The van der Waals surface area contributed by atoms with Crippen LogP contribution in [0, 0.1) is 0 Å². The Bertz CT molecular complexity index is 1070. The van der Waals surface area contributed by atoms with Gasteiger partial charge in [0.15, 0.2) is 0 Å². The lowest BCUT2D eigenvalue weighted by Gasteiger charge is -2.33. The smallest absolute Gasteiger partial charge is 0.322 e. The van der Waals surface area contributed by atoms with Crippen molar-refractivity contribution in [3.63, 3.8) is 0 Å². The van der Waals surface area contributed by atoms with Crippen LogP contribution in [0.4, 0.5) is 10.5 Å². The molecule has 7 heteroatoms. The van der Waals surface area contributed by atoms with Gasteiger partial charge in [-0.05, 0) is 57.2 Å². The van der Waals surface area contributed by atoms with Crippen molar-refractivity contribution < 1.29 is 9.53 Å². The average molecular weight is 394 g/mol. The summed E-state index contributed by atoms with van der Waals surface area (Å²) in [5.41, 5.74) is 1.16. The van der Waals surface area contributed by atoms with E-state index in [4.69, 9.17) is 4.74 Å². The second kappa shape index (κ2) is 8.34. The maximum absolute atomic E-state index is 13.1. The molecule has 0 bridgehead atoms. The number of nitrogens with one attached hydrogen (secondary N) is 1. The minimum Gasteiger partial charge on any atom is -0.497 e. The fraction of sp³-hybridized carbons (Fsp3) is 0.318. The largest absolute Gasteiger partial charge is 0.497 e. The SMILES string of the molecule is COc1ccc(NC(=O)N(C(C)C)C(C)c2nc3ccccc3c(=O)n2C)cc1. The van der Waals surface area contributed by atoms with Gasteiger partial charge in [0.25, 0.3) is 5.56 Å². The molecule has 1 atom stereocenters. The number of amides is 2. The molecule has 152 valence electrons. The van der Waals surface area contributed by atoms with E-state index in [1.165, 1.54) is 4.57 Å². The Hall–Kier alpha value is -3.35. The van der Waals surface area contributed by atoms with Gasteiger partial charge in [-0.1, -0.05) is 12.1 Å². The van der Waals surface area contributed by atoms with Crippen LogP contribution in [0.2, 0.25) is 0 Å². The minimum atomic E-state index is -0.407. The highest BCUT2D eigenvalue weighted by molar-refractivity contribution is 5.90. The number of nitrogens with zero attached hydrogens (tertiary/aromatic N) is 3. The fourth-order valence-corrected chi connectivity index (χ4v) is 3.45. The van der Waals surface area contributed by atoms with Crippen molar-refractivity contribution in [3.05, 3.63) is 64.7 Å². The highest BCUT2D eigenvalue weighted by atomic mass is 16.5. The summed E-state index contributed by atoms with van der Waals surface area (Å²) in [7, 11) is 3.28. The van der Waals surface area contributed by atoms with Crippen molar-refractivity contribution in [2.24, 2.45) is 7.05 Å². The van der Waals surface area contributed by atoms with Gasteiger partial charge in [0.05, 0.1) is 24.1 Å². The molecule has 7 nitrogen and oxygen atoms in total. The van der Waals surface area contributed by atoms with Crippen LogP contribution in [0.15, 0.2) is 53.3 Å². The lowest BCUT2D eigenvalue weighted by Crippen LogP contribution is -2.43. The van der Waals surface area contributed by atoms with Gasteiger partial charge in [-0.25, -0.2) is 9.78 Å². The molecule has 3 aromatic rings. The number of hydrogen-bond donors (Lipinski definition) is 1. The van der Waals surface area contributed by atoms with E-state index in [1.54, 1.807) is 49.4 Å². The molecule has 0 aliphatic heterocycles. The van der Waals surface area contributed by atoms with Crippen LogP contribution in [-0.2, 0) is 7.05 Å². The first-order chi connectivity index (χ1) is 13.8. The molecular formula is C22H26N4O3. The topological polar surface area (TPSA) is 76.5 Å². The summed E-state index contributed by atoms with van der Waals surface area (Å²) in [4.78, 5) is 32.2. The Kier molecular flexibility index (Phi) is 5.87. The summed E-state index contributed by atoms with van der Waals surface area (Å²) in [5.74, 6) is 1.25. The first-order valence-corrected chi connectivity index (χ1v) is 9.52. The number of para-hydroxylation sites is 1. The molecule has 3 rings (SSSR count). The van der Waals surface area contributed by atoms with E-state index >= 15 is 0 Å². The number of fused-ring (bicyclic) bond motifs is 1. The average Bonchev–Trinajstić information content (AvgIpc) is 2.71. The predicted octanol–water partition coefficient (Wildman–Crippen LogP) is 3.95. The van der Waals surface area contributed by atoms with Crippen LogP contribution in [0.5, 0.6) is 5.75 Å². The number of benzene rings is 2. The van der Waals surface area contributed by atoms with E-state index < -0.39 is 6.04 Å². The van der Waals surface area contributed by atoms with Crippen molar-refractivity contribution in [2.75, 3.05) is 12.4 Å². The molecule has 2 aromatic carbocycles. The number of rotatable bonds is 5. The van der Waals surface area contributed by atoms with Crippen LogP contribution in [-0.4, -0.2) is 33.6 Å². The van der Waals surface area contributed by atoms with E-state index in [-0.39, 0.29) is 17.6 Å². The molecule has 0 spiro atoms. The van der Waals surface area contributed by atoms with E-state index in [0.29, 0.717) is 28.2 Å². The second-order valence-corrected chi connectivity index (χ2v) is 7.19.